The van der Waals surface area contributed by atoms with E-state index in [-0.39, 0.29) is 17.2 Å². The summed E-state index contributed by atoms with van der Waals surface area (Å²) in [6.45, 7) is 0. The van der Waals surface area contributed by atoms with Gasteiger partial charge in [0, 0.05) is 12.1 Å². The third kappa shape index (κ3) is 4.66. The molecule has 1 aromatic rings. The Kier molecular flexibility index (Phi) is 5.66. The fourth-order valence-corrected chi connectivity index (χ4v) is 2.16. The fraction of sp³-hybridized carbons (Fsp3) is 0.357. The van der Waals surface area contributed by atoms with Crippen LogP contribution in [-0.2, 0) is 24.3 Å². The normalized spacial score (nSPS) is 13.8. The van der Waals surface area contributed by atoms with Crippen LogP contribution in [0.15, 0.2) is 24.3 Å². The van der Waals surface area contributed by atoms with Gasteiger partial charge in [0.05, 0.1) is 16.4 Å². The van der Waals surface area contributed by atoms with Crippen LogP contribution in [0.3, 0.4) is 0 Å². The minimum absolute atomic E-state index is 0.0867. The van der Waals surface area contributed by atoms with E-state index in [1.165, 1.54) is 0 Å². The molecule has 0 radical (unpaired) electrons. The summed E-state index contributed by atoms with van der Waals surface area (Å²) < 4.78 is 0. The number of hydrogen-bond donors (Lipinski definition) is 0. The van der Waals surface area contributed by atoms with Crippen LogP contribution in [-0.4, -0.2) is 23.0 Å². The van der Waals surface area contributed by atoms with Gasteiger partial charge in [0.15, 0.2) is 0 Å². The largest absolute Gasteiger partial charge is 0.592 e. The summed E-state index contributed by atoms with van der Waals surface area (Å²) in [4.78, 5) is 60.6. The number of rotatable bonds is 3. The van der Waals surface area contributed by atoms with Crippen LogP contribution in [0, 0.1) is 16.0 Å². The molecule has 1 fully saturated rings. The Hall–Kier alpha value is -3.17. The van der Waals surface area contributed by atoms with Crippen LogP contribution in [0.1, 0.15) is 36.0 Å². The van der Waals surface area contributed by atoms with Crippen molar-refractivity contribution >= 4 is 23.8 Å². The number of hydrogen-bond acceptors (Lipinski definition) is 9. The lowest BCUT2D eigenvalue weighted by atomic mass is 10.1. The molecule has 24 heavy (non-hydrogen) atoms. The molecule has 0 N–H and O–H groups in total. The molecule has 1 aliphatic rings. The molecular formula is C14H13NO9. The Morgan fingerprint density at radius 1 is 0.958 bits per heavy atom. The predicted molar refractivity (Wildman–Crippen MR) is 74.1 cm³/mol. The molecule has 2 rings (SSSR count). The molecule has 0 atom stereocenters. The van der Waals surface area contributed by atoms with Crippen molar-refractivity contribution in [2.45, 2.75) is 25.7 Å². The minimum Gasteiger partial charge on any atom is -0.258 e. The summed E-state index contributed by atoms with van der Waals surface area (Å²) in [6.07, 6.45) is 1.59. The first kappa shape index (κ1) is 17.2. The van der Waals surface area contributed by atoms with Gasteiger partial charge in [-0.3, -0.25) is 10.1 Å². The molecule has 0 saturated heterocycles. The molecule has 0 unspecified atom stereocenters. The standard InChI is InChI=1S/C14H13NO9/c16-12(9-3-1-2-4-9)21-23-14(18)24-22-13(17)10-5-7-11(8-6-10)15(19)20/h5-9H,1-4H2. The van der Waals surface area contributed by atoms with Gasteiger partial charge in [-0.1, -0.05) is 12.8 Å². The Balaban J connectivity index is 1.73. The van der Waals surface area contributed by atoms with Crippen molar-refractivity contribution in [1.29, 1.82) is 0 Å². The Labute approximate surface area is 135 Å². The predicted octanol–water partition coefficient (Wildman–Crippen LogP) is 2.47. The highest BCUT2D eigenvalue weighted by molar-refractivity contribution is 5.89. The van der Waals surface area contributed by atoms with Crippen molar-refractivity contribution in [2.75, 3.05) is 0 Å². The summed E-state index contributed by atoms with van der Waals surface area (Å²) in [5.41, 5.74) is -0.304. The average Bonchev–Trinajstić information content (AvgIpc) is 3.12. The van der Waals surface area contributed by atoms with Gasteiger partial charge in [0.25, 0.3) is 5.69 Å². The lowest BCUT2D eigenvalue weighted by molar-refractivity contribution is -0.384. The Morgan fingerprint density at radius 2 is 1.54 bits per heavy atom. The lowest BCUT2D eigenvalue weighted by Gasteiger charge is -2.06. The fourth-order valence-electron chi connectivity index (χ4n) is 2.16. The highest BCUT2D eigenvalue weighted by atomic mass is 17.3. The van der Waals surface area contributed by atoms with Gasteiger partial charge in [-0.15, -0.1) is 0 Å². The smallest absolute Gasteiger partial charge is 0.258 e. The van der Waals surface area contributed by atoms with Gasteiger partial charge >= 0.3 is 18.1 Å². The maximum absolute atomic E-state index is 11.5. The minimum atomic E-state index is -1.53. The van der Waals surface area contributed by atoms with E-state index in [2.05, 4.69) is 19.6 Å². The van der Waals surface area contributed by atoms with E-state index in [0.29, 0.717) is 12.8 Å². The summed E-state index contributed by atoms with van der Waals surface area (Å²) in [5.74, 6) is -2.09. The van der Waals surface area contributed by atoms with E-state index in [0.717, 1.165) is 37.1 Å². The maximum Gasteiger partial charge on any atom is 0.592 e. The van der Waals surface area contributed by atoms with Crippen molar-refractivity contribution in [1.82, 2.24) is 0 Å². The number of benzene rings is 1. The maximum atomic E-state index is 11.5. The summed E-state index contributed by atoms with van der Waals surface area (Å²) in [7, 11) is 0. The Bertz CT molecular complexity index is 634. The average molecular weight is 339 g/mol. The second-order valence-electron chi connectivity index (χ2n) is 4.98. The molecule has 1 aromatic carbocycles. The molecule has 10 nitrogen and oxygen atoms in total. The zero-order valence-corrected chi connectivity index (χ0v) is 12.3. The Morgan fingerprint density at radius 3 is 2.12 bits per heavy atom. The van der Waals surface area contributed by atoms with Gasteiger partial charge in [-0.25, -0.2) is 29.1 Å². The van der Waals surface area contributed by atoms with Gasteiger partial charge in [-0.05, 0) is 25.0 Å². The topological polar surface area (TPSA) is 131 Å². The molecule has 0 amide bonds. The monoisotopic (exact) mass is 339 g/mol. The molecule has 0 bridgehead atoms. The van der Waals surface area contributed by atoms with Gasteiger partial charge < -0.3 is 0 Å². The zero-order valence-electron chi connectivity index (χ0n) is 12.3. The van der Waals surface area contributed by atoms with Crippen LogP contribution in [0.5, 0.6) is 0 Å². The first-order valence-electron chi connectivity index (χ1n) is 7.03. The molecule has 0 aromatic heterocycles. The molecule has 0 spiro atoms. The quantitative estimate of drug-likeness (QED) is 0.462. The van der Waals surface area contributed by atoms with Gasteiger partial charge in [-0.2, -0.15) is 4.79 Å². The second kappa shape index (κ2) is 7.90. The van der Waals surface area contributed by atoms with Crippen LogP contribution in [0.25, 0.3) is 0 Å². The summed E-state index contributed by atoms with van der Waals surface area (Å²) >= 11 is 0. The number of nitro benzene ring substituents is 1. The third-order valence-corrected chi connectivity index (χ3v) is 3.38. The lowest BCUT2D eigenvalue weighted by Crippen LogP contribution is -2.19. The first-order valence-corrected chi connectivity index (χ1v) is 7.03. The van der Waals surface area contributed by atoms with Gasteiger partial charge in [0.1, 0.15) is 0 Å². The molecule has 0 heterocycles. The van der Waals surface area contributed by atoms with E-state index in [1.807, 2.05) is 0 Å². The molecule has 0 aliphatic heterocycles. The van der Waals surface area contributed by atoms with E-state index in [9.17, 15) is 24.5 Å². The number of nitrogens with zero attached hydrogens (tertiary/aromatic N) is 1. The SMILES string of the molecule is O=C(OOC(=O)c1ccc([N+](=O)[O-])cc1)OOC(=O)C1CCCC1. The second-order valence-corrected chi connectivity index (χ2v) is 4.98. The van der Waals surface area contributed by atoms with Crippen LogP contribution >= 0.6 is 0 Å². The number of nitro groups is 1. The van der Waals surface area contributed by atoms with Crippen molar-refractivity contribution in [3.63, 3.8) is 0 Å². The van der Waals surface area contributed by atoms with Gasteiger partial charge in [0.2, 0.25) is 0 Å². The van der Waals surface area contributed by atoms with E-state index in [4.69, 9.17) is 0 Å². The van der Waals surface area contributed by atoms with Crippen LogP contribution in [0.2, 0.25) is 0 Å². The summed E-state index contributed by atoms with van der Waals surface area (Å²) in [6, 6.07) is 4.40. The highest BCUT2D eigenvalue weighted by Gasteiger charge is 2.26. The van der Waals surface area contributed by atoms with Crippen molar-refractivity contribution in [3.8, 4) is 0 Å². The molecule has 1 saturated carbocycles. The molecule has 10 heteroatoms. The first-order chi connectivity index (χ1) is 11.5. The van der Waals surface area contributed by atoms with Crippen LogP contribution < -0.4 is 0 Å². The third-order valence-electron chi connectivity index (χ3n) is 3.38. The van der Waals surface area contributed by atoms with Crippen molar-refractivity contribution < 1.29 is 38.9 Å². The van der Waals surface area contributed by atoms with Crippen LogP contribution in [0.4, 0.5) is 10.5 Å². The molecular weight excluding hydrogens is 326 g/mol. The van der Waals surface area contributed by atoms with E-state index in [1.54, 1.807) is 0 Å². The van der Waals surface area contributed by atoms with E-state index < -0.39 is 23.0 Å². The van der Waals surface area contributed by atoms with E-state index >= 15 is 0 Å². The number of carbonyl (C=O) groups is 3. The number of carbonyl (C=O) groups excluding carboxylic acids is 3. The zero-order chi connectivity index (χ0) is 17.5. The molecule has 1 aliphatic carbocycles. The highest BCUT2D eigenvalue weighted by Crippen LogP contribution is 2.25. The van der Waals surface area contributed by atoms with Crippen molar-refractivity contribution in [2.24, 2.45) is 5.92 Å². The van der Waals surface area contributed by atoms with Crippen molar-refractivity contribution in [3.05, 3.63) is 39.9 Å². The number of non-ortho nitro benzene ring substituents is 1. The summed E-state index contributed by atoms with van der Waals surface area (Å²) in [5, 5.41) is 10.5. The molecule has 128 valence electrons.